The number of allylic oxidation sites excluding steroid dienone is 2. The van der Waals surface area contributed by atoms with Crippen LogP contribution in [0.3, 0.4) is 0 Å². The zero-order chi connectivity index (χ0) is 54.7. The van der Waals surface area contributed by atoms with E-state index in [1.54, 1.807) is 0 Å². The molecule has 84 heavy (non-hydrogen) atoms. The Kier molecular flexibility index (Phi) is 9.36. The van der Waals surface area contributed by atoms with Crippen LogP contribution in [0.5, 0.6) is 0 Å². The average molecular weight is 1070 g/mol. The van der Waals surface area contributed by atoms with E-state index >= 15 is 0 Å². The second-order valence-electron chi connectivity index (χ2n) is 22.6. The Labute approximate surface area is 482 Å². The van der Waals surface area contributed by atoms with E-state index < -0.39 is 0 Å². The number of hydrogen-bond donors (Lipinski definition) is 0. The van der Waals surface area contributed by atoms with Gasteiger partial charge >= 0.3 is 0 Å². The van der Waals surface area contributed by atoms with Crippen LogP contribution in [0.25, 0.3) is 110 Å². The van der Waals surface area contributed by atoms with Gasteiger partial charge in [-0.3, -0.25) is 0 Å². The second kappa shape index (κ2) is 17.2. The van der Waals surface area contributed by atoms with E-state index in [1.807, 2.05) is 12.1 Å². The molecule has 3 aliphatic rings. The van der Waals surface area contributed by atoms with Gasteiger partial charge < -0.3 is 27.9 Å². The lowest BCUT2D eigenvalue weighted by molar-refractivity contribution is 0.668. The average Bonchev–Trinajstić information content (AvgIpc) is 1.58. The van der Waals surface area contributed by atoms with Gasteiger partial charge in [0, 0.05) is 88.4 Å². The first-order valence-electron chi connectivity index (χ1n) is 29.0. The molecule has 0 saturated carbocycles. The normalized spacial score (nSPS) is 15.1. The van der Waals surface area contributed by atoms with Crippen LogP contribution in [0.2, 0.25) is 0 Å². The summed E-state index contributed by atoms with van der Waals surface area (Å²) in [6.45, 7) is 0. The summed E-state index contributed by atoms with van der Waals surface area (Å²) in [5.41, 5.74) is 25.0. The molecule has 0 N–H and O–H groups in total. The molecular formula is C78H48N4O2. The smallest absolute Gasteiger partial charge is 0.135 e. The van der Waals surface area contributed by atoms with Crippen LogP contribution in [0.15, 0.2) is 288 Å². The lowest BCUT2D eigenvalue weighted by Gasteiger charge is -2.29. The third-order valence-corrected chi connectivity index (χ3v) is 18.3. The molecule has 6 nitrogen and oxygen atoms in total. The molecule has 0 saturated heterocycles. The van der Waals surface area contributed by atoms with Crippen LogP contribution >= 0.6 is 0 Å². The van der Waals surface area contributed by atoms with Gasteiger partial charge in [0.05, 0.1) is 45.3 Å². The van der Waals surface area contributed by atoms with Crippen LogP contribution in [-0.4, -0.2) is 10.4 Å². The molecule has 2 atom stereocenters. The number of benzene rings is 12. The molecule has 0 amide bonds. The highest BCUT2D eigenvalue weighted by molar-refractivity contribution is 6.32. The largest absolute Gasteiger partial charge is 0.456 e. The van der Waals surface area contributed by atoms with E-state index in [0.29, 0.717) is 0 Å². The fourth-order valence-electron chi connectivity index (χ4n) is 15.1. The number of nitrogens with zero attached hydrogens (tertiary/aromatic N) is 4. The maximum absolute atomic E-state index is 6.41. The van der Waals surface area contributed by atoms with Gasteiger partial charge in [0.2, 0.25) is 0 Å². The molecule has 2 unspecified atom stereocenters. The first-order valence-corrected chi connectivity index (χ1v) is 29.0. The zero-order valence-corrected chi connectivity index (χ0v) is 45.3. The highest BCUT2D eigenvalue weighted by Gasteiger charge is 2.51. The summed E-state index contributed by atoms with van der Waals surface area (Å²) in [6.07, 6.45) is 7.22. The van der Waals surface area contributed by atoms with E-state index in [2.05, 4.69) is 286 Å². The Bertz CT molecular complexity index is 5460. The van der Waals surface area contributed by atoms with Crippen molar-refractivity contribution in [2.24, 2.45) is 0 Å². The van der Waals surface area contributed by atoms with Gasteiger partial charge in [0.15, 0.2) is 0 Å². The number of anilines is 8. The fraction of sp³-hybridized carbons (Fsp3) is 0.0256. The highest BCUT2D eigenvalue weighted by Crippen LogP contribution is 2.66. The Morgan fingerprint density at radius 2 is 0.881 bits per heavy atom. The standard InChI is InChI=1S/C78H48N4O2/c1-5-21-47(22-6-1)69-73-57-33-17-31-55-72-62(80(50-27-11-4-12-28-50)52-42-44-68-60(46-52)54-30-14-16-40-66(54)84-68)36-20-38-64(72)82(75(55)57)78(73)70(48-23-7-2-8-24-48)74-58-34-18-32-56-71-61(35-19-37-63(71)81(76(56)58)77(69)74)79(49-25-9-3-10-26-49)51-41-43-67-59(45-51)53-29-13-15-39-65(53)83-67/h1-46,57,75H. The van der Waals surface area contributed by atoms with Gasteiger partial charge in [-0.1, -0.05) is 182 Å². The third-order valence-electron chi connectivity index (χ3n) is 18.3. The minimum Gasteiger partial charge on any atom is -0.456 e. The number of para-hydroxylation sites is 5. The van der Waals surface area contributed by atoms with Gasteiger partial charge in [-0.15, -0.1) is 0 Å². The number of fused-ring (bicyclic) bond motifs is 18. The molecule has 2 aliphatic heterocycles. The molecule has 19 rings (SSSR count). The molecule has 6 heteroatoms. The highest BCUT2D eigenvalue weighted by atomic mass is 16.3. The van der Waals surface area contributed by atoms with Crippen molar-refractivity contribution >= 4 is 133 Å². The minimum atomic E-state index is -0.00101. The maximum atomic E-state index is 6.41. The summed E-state index contributed by atoms with van der Waals surface area (Å²) in [6, 6.07) is 95.0. The van der Waals surface area contributed by atoms with Gasteiger partial charge in [-0.2, -0.15) is 0 Å². The van der Waals surface area contributed by atoms with Gasteiger partial charge in [-0.05, 0) is 119 Å². The van der Waals surface area contributed by atoms with Crippen molar-refractivity contribution in [2.75, 3.05) is 14.7 Å². The van der Waals surface area contributed by atoms with Crippen molar-refractivity contribution in [1.29, 1.82) is 0 Å². The van der Waals surface area contributed by atoms with Crippen molar-refractivity contribution in [3.8, 4) is 22.3 Å². The molecule has 0 fully saturated rings. The van der Waals surface area contributed by atoms with Crippen LogP contribution in [0.1, 0.15) is 17.0 Å². The van der Waals surface area contributed by atoms with Gasteiger partial charge in [0.25, 0.3) is 0 Å². The molecule has 12 aromatic carbocycles. The Balaban J connectivity index is 0.901. The van der Waals surface area contributed by atoms with E-state index in [1.165, 1.54) is 82.9 Å². The topological polar surface area (TPSA) is 40.4 Å². The number of furan rings is 2. The predicted molar refractivity (Wildman–Crippen MR) is 348 cm³/mol. The van der Waals surface area contributed by atoms with Gasteiger partial charge in [0.1, 0.15) is 22.3 Å². The van der Waals surface area contributed by atoms with Crippen LogP contribution in [-0.2, 0) is 0 Å². The minimum absolute atomic E-state index is 0.00101. The van der Waals surface area contributed by atoms with Crippen LogP contribution < -0.4 is 14.7 Å². The van der Waals surface area contributed by atoms with Crippen molar-refractivity contribution in [2.45, 2.75) is 12.0 Å². The van der Waals surface area contributed by atoms with Crippen molar-refractivity contribution in [3.63, 3.8) is 0 Å². The second-order valence-corrected chi connectivity index (χ2v) is 22.6. The molecule has 0 radical (unpaired) electrons. The van der Waals surface area contributed by atoms with Crippen molar-refractivity contribution in [3.05, 3.63) is 290 Å². The molecule has 16 aromatic rings. The Hall–Kier alpha value is -11.1. The quantitative estimate of drug-likeness (QED) is 0.152. The van der Waals surface area contributed by atoms with Crippen molar-refractivity contribution < 1.29 is 8.83 Å². The number of hydrogen-bond acceptors (Lipinski definition) is 5. The maximum Gasteiger partial charge on any atom is 0.135 e. The summed E-state index contributed by atoms with van der Waals surface area (Å²) in [5, 5.41) is 9.31. The number of rotatable bonds is 8. The monoisotopic (exact) mass is 1070 g/mol. The SMILES string of the molecule is C1=CC2c3c(c(-c4ccccc4)c4c5cccc6c7c(N(c8ccccc8)c8ccc9oc%10ccccc%10c9c8)cccc7n(c4c3-c3ccccc3)c65)N3c4cccc(N(c5ccccc5)c5ccc6oc7ccccc7c6c5)c4C(=C1)C23. The molecule has 392 valence electrons. The summed E-state index contributed by atoms with van der Waals surface area (Å²) in [7, 11) is 0. The molecular weight excluding hydrogens is 1020 g/mol. The predicted octanol–water partition coefficient (Wildman–Crippen LogP) is 21.5. The van der Waals surface area contributed by atoms with E-state index in [0.717, 1.165) is 83.5 Å². The van der Waals surface area contributed by atoms with Crippen molar-refractivity contribution in [1.82, 2.24) is 4.40 Å². The first-order chi connectivity index (χ1) is 41.7. The number of aromatic nitrogens is 1. The third kappa shape index (κ3) is 6.18. The lowest BCUT2D eigenvalue weighted by Crippen LogP contribution is -2.26. The van der Waals surface area contributed by atoms with E-state index in [-0.39, 0.29) is 12.0 Å². The lowest BCUT2D eigenvalue weighted by atomic mass is 9.79. The fourth-order valence-corrected chi connectivity index (χ4v) is 15.1. The zero-order valence-electron chi connectivity index (χ0n) is 45.3. The first kappa shape index (κ1) is 45.6. The summed E-state index contributed by atoms with van der Waals surface area (Å²) >= 11 is 0. The van der Waals surface area contributed by atoms with Gasteiger partial charge in [-0.25, -0.2) is 0 Å². The molecule has 4 aromatic heterocycles. The Morgan fingerprint density at radius 3 is 1.52 bits per heavy atom. The van der Waals surface area contributed by atoms with Crippen LogP contribution in [0, 0.1) is 0 Å². The summed E-state index contributed by atoms with van der Waals surface area (Å²) < 4.78 is 15.4. The molecule has 0 bridgehead atoms. The Morgan fingerprint density at radius 1 is 0.369 bits per heavy atom. The summed E-state index contributed by atoms with van der Waals surface area (Å²) in [5.74, 6) is 0.0149. The van der Waals surface area contributed by atoms with E-state index in [4.69, 9.17) is 8.83 Å². The molecule has 6 heterocycles. The summed E-state index contributed by atoms with van der Waals surface area (Å²) in [4.78, 5) is 7.63. The molecule has 0 spiro atoms. The van der Waals surface area contributed by atoms with Crippen LogP contribution in [0.4, 0.5) is 45.5 Å². The molecule has 1 aliphatic carbocycles. The van der Waals surface area contributed by atoms with E-state index in [9.17, 15) is 0 Å².